The summed E-state index contributed by atoms with van der Waals surface area (Å²) in [5.74, 6) is 0. The number of furan rings is 1. The zero-order valence-corrected chi connectivity index (χ0v) is 36.2. The summed E-state index contributed by atoms with van der Waals surface area (Å²) in [6.07, 6.45) is 0. The van der Waals surface area contributed by atoms with Crippen molar-refractivity contribution in [2.24, 2.45) is 0 Å². The van der Waals surface area contributed by atoms with Gasteiger partial charge in [-0.05, 0) is 127 Å². The molecule has 0 N–H and O–H groups in total. The lowest BCUT2D eigenvalue weighted by atomic mass is 9.96. The molecular weight excluding hydrogens is 799 g/mol. The maximum Gasteiger partial charge on any atom is 0.143 e. The van der Waals surface area contributed by atoms with Crippen molar-refractivity contribution in [3.05, 3.63) is 261 Å². The molecule has 1 aromatic heterocycles. The van der Waals surface area contributed by atoms with Gasteiger partial charge in [-0.15, -0.1) is 0 Å². The zero-order valence-electron chi connectivity index (χ0n) is 36.2. The van der Waals surface area contributed by atoms with Gasteiger partial charge < -0.3 is 9.32 Å². The third-order valence-electron chi connectivity index (χ3n) is 12.9. The smallest absolute Gasteiger partial charge is 0.143 e. The van der Waals surface area contributed by atoms with Crippen LogP contribution in [0, 0.1) is 0 Å². The van der Waals surface area contributed by atoms with E-state index in [1.807, 2.05) is 12.1 Å². The van der Waals surface area contributed by atoms with E-state index in [2.05, 4.69) is 254 Å². The minimum Gasteiger partial charge on any atom is -0.455 e. The number of rotatable bonds is 9. The van der Waals surface area contributed by atoms with E-state index in [4.69, 9.17) is 4.42 Å². The minimum atomic E-state index is 0.903. The molecule has 0 saturated carbocycles. The first-order valence-corrected chi connectivity index (χ1v) is 22.6. The van der Waals surface area contributed by atoms with Crippen molar-refractivity contribution < 1.29 is 4.42 Å². The quantitative estimate of drug-likeness (QED) is 0.144. The highest BCUT2D eigenvalue weighted by atomic mass is 16.3. The van der Waals surface area contributed by atoms with Gasteiger partial charge in [0.2, 0.25) is 0 Å². The summed E-state index contributed by atoms with van der Waals surface area (Å²) in [7, 11) is 0. The molecule has 0 aliphatic carbocycles. The zero-order chi connectivity index (χ0) is 43.8. The number of benzene rings is 11. The van der Waals surface area contributed by atoms with Crippen LogP contribution in [0.4, 0.5) is 17.1 Å². The number of anilines is 3. The van der Waals surface area contributed by atoms with E-state index in [1.54, 1.807) is 0 Å². The summed E-state index contributed by atoms with van der Waals surface area (Å²) >= 11 is 0. The van der Waals surface area contributed by atoms with Crippen LogP contribution in [0.5, 0.6) is 0 Å². The predicted molar refractivity (Wildman–Crippen MR) is 279 cm³/mol. The van der Waals surface area contributed by atoms with Gasteiger partial charge in [0.25, 0.3) is 0 Å². The fourth-order valence-electron chi connectivity index (χ4n) is 9.41. The van der Waals surface area contributed by atoms with E-state index in [-0.39, 0.29) is 0 Å². The van der Waals surface area contributed by atoms with Crippen molar-refractivity contribution in [3.63, 3.8) is 0 Å². The average molecular weight is 842 g/mol. The number of nitrogens with zero attached hydrogens (tertiary/aromatic N) is 1. The van der Waals surface area contributed by atoms with Gasteiger partial charge in [-0.1, -0.05) is 206 Å². The van der Waals surface area contributed by atoms with Crippen molar-refractivity contribution in [3.8, 4) is 66.8 Å². The standard InChI is InChI=1S/C64H43NO/c1-2-10-44(11-3-1)46-20-22-47(23-21-46)49-30-36-57(37-31-49)65(59-40-34-52(35-41-59)60-17-9-18-62-61-16-6-7-19-63(61)66-64(60)62)58-38-32-50(33-39-58)48-24-26-51(27-25-48)54-14-8-15-55(42-54)56-29-28-45-12-4-5-13-53(45)43-56/h1-43H. The van der Waals surface area contributed by atoms with Crippen LogP contribution >= 0.6 is 0 Å². The molecule has 0 amide bonds. The number of hydrogen-bond acceptors (Lipinski definition) is 2. The van der Waals surface area contributed by atoms with Crippen molar-refractivity contribution >= 4 is 49.8 Å². The van der Waals surface area contributed by atoms with E-state index >= 15 is 0 Å². The molecule has 11 aromatic carbocycles. The summed E-state index contributed by atoms with van der Waals surface area (Å²) in [6, 6.07) is 93.8. The Labute approximate surface area is 384 Å². The monoisotopic (exact) mass is 841 g/mol. The van der Waals surface area contributed by atoms with Crippen molar-refractivity contribution in [1.82, 2.24) is 0 Å². The number of fused-ring (bicyclic) bond motifs is 4. The highest BCUT2D eigenvalue weighted by Crippen LogP contribution is 2.40. The topological polar surface area (TPSA) is 16.4 Å². The van der Waals surface area contributed by atoms with Crippen molar-refractivity contribution in [2.75, 3.05) is 4.90 Å². The Morgan fingerprint density at radius 1 is 0.242 bits per heavy atom. The van der Waals surface area contributed by atoms with E-state index in [0.717, 1.165) is 50.1 Å². The molecule has 1 heterocycles. The Hall–Kier alpha value is -8.72. The number of para-hydroxylation sites is 2. The molecule has 0 bridgehead atoms. The van der Waals surface area contributed by atoms with Gasteiger partial charge in [0, 0.05) is 33.4 Å². The molecule has 66 heavy (non-hydrogen) atoms. The SMILES string of the molecule is c1ccc(-c2ccc(-c3ccc(N(c4ccc(-c5ccc(-c6cccc(-c7ccc8ccccc8c7)c6)cc5)cc4)c4ccc(-c5cccc6c5oc5ccccc56)cc4)cc3)cc2)cc1. The highest BCUT2D eigenvalue weighted by molar-refractivity contribution is 6.09. The Morgan fingerprint density at radius 2 is 0.636 bits per heavy atom. The predicted octanol–water partition coefficient (Wildman–Crippen LogP) is 18.2. The van der Waals surface area contributed by atoms with Crippen molar-refractivity contribution in [2.45, 2.75) is 0 Å². The first-order chi connectivity index (χ1) is 32.7. The molecule has 0 radical (unpaired) electrons. The lowest BCUT2D eigenvalue weighted by Gasteiger charge is -2.26. The summed E-state index contributed by atoms with van der Waals surface area (Å²) < 4.78 is 6.43. The third kappa shape index (κ3) is 7.41. The van der Waals surface area contributed by atoms with Gasteiger partial charge in [0.05, 0.1) is 0 Å². The van der Waals surface area contributed by atoms with E-state index in [1.165, 1.54) is 66.4 Å². The Balaban J connectivity index is 0.851. The minimum absolute atomic E-state index is 0.903. The molecule has 0 aliphatic heterocycles. The van der Waals surface area contributed by atoms with Gasteiger partial charge in [-0.25, -0.2) is 0 Å². The highest BCUT2D eigenvalue weighted by Gasteiger charge is 2.16. The van der Waals surface area contributed by atoms with Gasteiger partial charge in [-0.3, -0.25) is 0 Å². The van der Waals surface area contributed by atoms with Gasteiger partial charge >= 0.3 is 0 Å². The molecule has 0 spiro atoms. The molecule has 12 aromatic rings. The summed E-state index contributed by atoms with van der Waals surface area (Å²) in [5, 5.41) is 4.77. The second-order valence-corrected chi connectivity index (χ2v) is 16.9. The Kier molecular flexibility index (Phi) is 9.89. The van der Waals surface area contributed by atoms with Gasteiger partial charge in [0.1, 0.15) is 11.2 Å². The molecule has 0 saturated heterocycles. The normalized spacial score (nSPS) is 11.3. The molecule has 0 aliphatic rings. The molecule has 2 nitrogen and oxygen atoms in total. The summed E-state index contributed by atoms with van der Waals surface area (Å²) in [5.41, 5.74) is 19.2. The van der Waals surface area contributed by atoms with Gasteiger partial charge in [-0.2, -0.15) is 0 Å². The molecule has 0 unspecified atom stereocenters. The molecule has 0 atom stereocenters. The second kappa shape index (κ2) is 16.8. The molecule has 310 valence electrons. The van der Waals surface area contributed by atoms with Gasteiger partial charge in [0.15, 0.2) is 0 Å². The first kappa shape index (κ1) is 38.9. The van der Waals surface area contributed by atoms with Crippen LogP contribution in [0.3, 0.4) is 0 Å². The molecule has 12 rings (SSSR count). The lowest BCUT2D eigenvalue weighted by Crippen LogP contribution is -2.09. The van der Waals surface area contributed by atoms with E-state index in [9.17, 15) is 0 Å². The Morgan fingerprint density at radius 3 is 1.24 bits per heavy atom. The van der Waals surface area contributed by atoms with Crippen LogP contribution in [-0.2, 0) is 0 Å². The largest absolute Gasteiger partial charge is 0.455 e. The average Bonchev–Trinajstić information content (AvgIpc) is 3.79. The Bertz CT molecular complexity index is 3640. The summed E-state index contributed by atoms with van der Waals surface area (Å²) in [6.45, 7) is 0. The van der Waals surface area contributed by atoms with E-state index in [0.29, 0.717) is 0 Å². The maximum absolute atomic E-state index is 6.43. The summed E-state index contributed by atoms with van der Waals surface area (Å²) in [4.78, 5) is 2.34. The molecule has 0 fully saturated rings. The van der Waals surface area contributed by atoms with E-state index < -0.39 is 0 Å². The fourth-order valence-corrected chi connectivity index (χ4v) is 9.41. The van der Waals surface area contributed by atoms with Crippen molar-refractivity contribution in [1.29, 1.82) is 0 Å². The second-order valence-electron chi connectivity index (χ2n) is 16.9. The van der Waals surface area contributed by atoms with Crippen LogP contribution in [0.2, 0.25) is 0 Å². The third-order valence-corrected chi connectivity index (χ3v) is 12.9. The fraction of sp³-hybridized carbons (Fsp3) is 0. The number of hydrogen-bond donors (Lipinski definition) is 0. The molecular formula is C64H43NO. The maximum atomic E-state index is 6.43. The lowest BCUT2D eigenvalue weighted by molar-refractivity contribution is 0.670. The van der Waals surface area contributed by atoms with Crippen LogP contribution < -0.4 is 4.90 Å². The first-order valence-electron chi connectivity index (χ1n) is 22.6. The van der Waals surface area contributed by atoms with Crippen LogP contribution in [0.1, 0.15) is 0 Å². The van der Waals surface area contributed by atoms with Crippen LogP contribution in [0.25, 0.3) is 99.5 Å². The molecule has 2 heteroatoms. The van der Waals surface area contributed by atoms with Crippen LogP contribution in [-0.4, -0.2) is 0 Å². The van der Waals surface area contributed by atoms with Crippen LogP contribution in [0.15, 0.2) is 265 Å².